The second-order valence-electron chi connectivity index (χ2n) is 8.14. The molecule has 0 aliphatic carbocycles. The molecule has 132 valence electrons. The first-order valence-corrected chi connectivity index (χ1v) is 7.76. The van der Waals surface area contributed by atoms with E-state index in [1.807, 2.05) is 20.8 Å². The van der Waals surface area contributed by atoms with Crippen molar-refractivity contribution in [3.8, 4) is 0 Å². The lowest BCUT2D eigenvalue weighted by Gasteiger charge is -2.42. The third kappa shape index (κ3) is 4.36. The molecule has 2 N–H and O–H groups in total. The van der Waals surface area contributed by atoms with Gasteiger partial charge in [0.25, 0.3) is 0 Å². The summed E-state index contributed by atoms with van der Waals surface area (Å²) in [6.45, 7) is 11.3. The number of rotatable bonds is 3. The molecule has 1 aliphatic heterocycles. The topological polar surface area (TPSA) is 95.9 Å². The van der Waals surface area contributed by atoms with Crippen molar-refractivity contribution in [1.29, 1.82) is 0 Å². The Kier molecular flexibility index (Phi) is 5.34. The highest BCUT2D eigenvalue weighted by Crippen LogP contribution is 2.44. The van der Waals surface area contributed by atoms with Crippen molar-refractivity contribution in [3.05, 3.63) is 0 Å². The summed E-state index contributed by atoms with van der Waals surface area (Å²) in [4.78, 5) is 36.2. The van der Waals surface area contributed by atoms with E-state index in [9.17, 15) is 19.5 Å². The van der Waals surface area contributed by atoms with E-state index in [2.05, 4.69) is 5.32 Å². The number of ether oxygens (including phenoxy) is 1. The van der Waals surface area contributed by atoms with Gasteiger partial charge in [-0.15, -0.1) is 0 Å². The van der Waals surface area contributed by atoms with Crippen molar-refractivity contribution in [2.24, 2.45) is 11.3 Å². The molecule has 1 heterocycles. The zero-order chi connectivity index (χ0) is 18.1. The maximum atomic E-state index is 11.7. The summed E-state index contributed by atoms with van der Waals surface area (Å²) in [5, 5.41) is 12.1. The monoisotopic (exact) mass is 328 g/mol. The number of hydrogen-bond acceptors (Lipinski definition) is 4. The Morgan fingerprint density at radius 2 is 1.87 bits per heavy atom. The Hall–Kier alpha value is -1.79. The number of hydrogen-bond donors (Lipinski definition) is 2. The third-order valence-corrected chi connectivity index (χ3v) is 4.18. The summed E-state index contributed by atoms with van der Waals surface area (Å²) < 4.78 is 5.17. The highest BCUT2D eigenvalue weighted by atomic mass is 16.6. The van der Waals surface area contributed by atoms with Crippen LogP contribution in [-0.4, -0.2) is 52.7 Å². The van der Waals surface area contributed by atoms with Crippen LogP contribution in [0, 0.1) is 11.3 Å². The molecule has 0 saturated carbocycles. The number of amides is 2. The Morgan fingerprint density at radius 1 is 1.30 bits per heavy atom. The first-order chi connectivity index (χ1) is 10.3. The van der Waals surface area contributed by atoms with Crippen molar-refractivity contribution >= 4 is 18.5 Å². The molecule has 0 aromatic heterocycles. The van der Waals surface area contributed by atoms with Gasteiger partial charge in [0.1, 0.15) is 17.4 Å². The summed E-state index contributed by atoms with van der Waals surface area (Å²) in [5.41, 5.74) is -2.21. The van der Waals surface area contributed by atoms with Gasteiger partial charge < -0.3 is 20.0 Å². The van der Waals surface area contributed by atoms with Crippen molar-refractivity contribution in [2.75, 3.05) is 13.1 Å². The maximum Gasteiger partial charge on any atom is 0.408 e. The predicted molar refractivity (Wildman–Crippen MR) is 85.3 cm³/mol. The van der Waals surface area contributed by atoms with Gasteiger partial charge in [0.2, 0.25) is 0 Å². The molecular formula is C16H28N2O5. The fourth-order valence-electron chi connectivity index (χ4n) is 2.96. The van der Waals surface area contributed by atoms with Gasteiger partial charge in [-0.25, -0.2) is 9.59 Å². The Morgan fingerprint density at radius 3 is 2.22 bits per heavy atom. The lowest BCUT2D eigenvalue weighted by molar-refractivity contribution is -0.122. The first-order valence-electron chi connectivity index (χ1n) is 7.76. The molecule has 7 heteroatoms. The fourth-order valence-corrected chi connectivity index (χ4v) is 2.96. The van der Waals surface area contributed by atoms with Gasteiger partial charge in [-0.3, -0.25) is 4.90 Å². The number of carbonyl (C=O) groups excluding carboxylic acids is 2. The zero-order valence-electron chi connectivity index (χ0n) is 14.8. The third-order valence-electron chi connectivity index (χ3n) is 4.18. The highest BCUT2D eigenvalue weighted by molar-refractivity contribution is 5.77. The van der Waals surface area contributed by atoms with Crippen LogP contribution in [0.1, 0.15) is 48.0 Å². The molecule has 0 bridgehead atoms. The van der Waals surface area contributed by atoms with Crippen LogP contribution in [0.25, 0.3) is 0 Å². The van der Waals surface area contributed by atoms with Crippen LogP contribution in [0.4, 0.5) is 9.59 Å². The number of nitrogens with one attached hydrogen (secondary N) is 1. The number of carboxylic acid groups (broad SMARTS) is 1. The van der Waals surface area contributed by atoms with E-state index < -0.39 is 28.7 Å². The van der Waals surface area contributed by atoms with Gasteiger partial charge in [-0.2, -0.15) is 0 Å². The van der Waals surface area contributed by atoms with E-state index in [0.717, 1.165) is 6.29 Å². The number of alkyl carbamates (subject to hydrolysis) is 1. The summed E-state index contributed by atoms with van der Waals surface area (Å²) in [6, 6.07) is 0. The highest BCUT2D eigenvalue weighted by Gasteiger charge is 2.55. The van der Waals surface area contributed by atoms with Crippen molar-refractivity contribution in [2.45, 2.75) is 59.1 Å². The minimum absolute atomic E-state index is 0.136. The molecular weight excluding hydrogens is 300 g/mol. The van der Waals surface area contributed by atoms with Gasteiger partial charge >= 0.3 is 12.2 Å². The van der Waals surface area contributed by atoms with Crippen LogP contribution in [0.2, 0.25) is 0 Å². The van der Waals surface area contributed by atoms with E-state index >= 15 is 0 Å². The van der Waals surface area contributed by atoms with Crippen LogP contribution >= 0.6 is 0 Å². The molecule has 2 atom stereocenters. The second kappa shape index (κ2) is 6.37. The smallest absolute Gasteiger partial charge is 0.408 e. The number of nitrogens with zero attached hydrogens (tertiary/aromatic N) is 1. The zero-order valence-corrected chi connectivity index (χ0v) is 14.8. The van der Waals surface area contributed by atoms with Gasteiger partial charge in [0, 0.05) is 13.1 Å². The Labute approximate surface area is 137 Å². The molecule has 0 unspecified atom stereocenters. The van der Waals surface area contributed by atoms with E-state index in [0.29, 0.717) is 6.42 Å². The maximum absolute atomic E-state index is 11.7. The second-order valence-corrected chi connectivity index (χ2v) is 8.14. The minimum Gasteiger partial charge on any atom is -0.465 e. The fraction of sp³-hybridized carbons (Fsp3) is 0.812. The van der Waals surface area contributed by atoms with Crippen molar-refractivity contribution in [3.63, 3.8) is 0 Å². The van der Waals surface area contributed by atoms with Crippen LogP contribution in [0.5, 0.6) is 0 Å². The van der Waals surface area contributed by atoms with Crippen LogP contribution in [0.3, 0.4) is 0 Å². The van der Waals surface area contributed by atoms with E-state index in [-0.39, 0.29) is 19.0 Å². The minimum atomic E-state index is -1.12. The standard InChI is InChI=1S/C16H28N2O5/c1-14(2,3)16(10-19)7-11(9-18(16)13(21)22)8-17-12(20)23-15(4,5)6/h10-11H,7-9H2,1-6H3,(H,17,20)(H,21,22)/t11-,16-/m1/s1. The van der Waals surface area contributed by atoms with Crippen molar-refractivity contribution in [1.82, 2.24) is 10.2 Å². The molecule has 0 aromatic carbocycles. The number of aldehydes is 1. The van der Waals surface area contributed by atoms with Crippen molar-refractivity contribution < 1.29 is 24.2 Å². The lowest BCUT2D eigenvalue weighted by atomic mass is 9.71. The number of likely N-dealkylation sites (tertiary alicyclic amines) is 1. The average Bonchev–Trinajstić information content (AvgIpc) is 2.74. The molecule has 1 rings (SSSR count). The molecule has 23 heavy (non-hydrogen) atoms. The van der Waals surface area contributed by atoms with Crippen LogP contribution in [0.15, 0.2) is 0 Å². The lowest BCUT2D eigenvalue weighted by Crippen LogP contribution is -2.56. The van der Waals surface area contributed by atoms with Gasteiger partial charge in [-0.05, 0) is 38.5 Å². The molecule has 1 saturated heterocycles. The first kappa shape index (κ1) is 19.3. The summed E-state index contributed by atoms with van der Waals surface area (Å²) >= 11 is 0. The van der Waals surface area contributed by atoms with Crippen LogP contribution < -0.4 is 5.32 Å². The molecule has 0 radical (unpaired) electrons. The Balaban J connectivity index is 2.80. The molecule has 7 nitrogen and oxygen atoms in total. The van der Waals surface area contributed by atoms with E-state index in [1.165, 1.54) is 4.90 Å². The molecule has 0 aromatic rings. The van der Waals surface area contributed by atoms with E-state index in [1.54, 1.807) is 20.8 Å². The molecule has 2 amide bonds. The number of carbonyl (C=O) groups is 3. The summed E-state index contributed by atoms with van der Waals surface area (Å²) in [5.74, 6) is -0.136. The summed E-state index contributed by atoms with van der Waals surface area (Å²) in [6.07, 6.45) is -0.554. The van der Waals surface area contributed by atoms with Gasteiger partial charge in [0.15, 0.2) is 0 Å². The molecule has 1 aliphatic rings. The quantitative estimate of drug-likeness (QED) is 0.776. The van der Waals surface area contributed by atoms with Crippen LogP contribution in [-0.2, 0) is 9.53 Å². The van der Waals surface area contributed by atoms with Gasteiger partial charge in [0.05, 0.1) is 0 Å². The Bertz CT molecular complexity index is 478. The average molecular weight is 328 g/mol. The van der Waals surface area contributed by atoms with E-state index in [4.69, 9.17) is 4.74 Å². The molecule has 0 spiro atoms. The predicted octanol–water partition coefficient (Wildman–Crippen LogP) is 2.49. The van der Waals surface area contributed by atoms with Gasteiger partial charge in [-0.1, -0.05) is 20.8 Å². The normalized spacial score (nSPS) is 25.1. The molecule has 1 fully saturated rings. The largest absolute Gasteiger partial charge is 0.465 e. The summed E-state index contributed by atoms with van der Waals surface area (Å²) in [7, 11) is 0. The SMILES string of the molecule is CC(C)(C)OC(=O)NC[C@@H]1CN(C(=O)O)[C@](C=O)(C(C)(C)C)C1.